The first-order valence-corrected chi connectivity index (χ1v) is 5.79. The molecule has 0 bridgehead atoms. The lowest BCUT2D eigenvalue weighted by atomic mass is 10.2. The van der Waals surface area contributed by atoms with Gasteiger partial charge < -0.3 is 15.2 Å². The number of rotatable bonds is 1. The summed E-state index contributed by atoms with van der Waals surface area (Å²) in [5.41, 5.74) is 0.689. The highest BCUT2D eigenvalue weighted by molar-refractivity contribution is 5.78. The summed E-state index contributed by atoms with van der Waals surface area (Å²) in [6.45, 7) is 3.61. The summed E-state index contributed by atoms with van der Waals surface area (Å²) < 4.78 is 0. The van der Waals surface area contributed by atoms with Crippen molar-refractivity contribution in [2.45, 2.75) is 0 Å². The van der Waals surface area contributed by atoms with Crippen molar-refractivity contribution < 1.29 is 0 Å². The number of hydrogen-bond acceptors (Lipinski definition) is 4. The van der Waals surface area contributed by atoms with E-state index in [1.807, 2.05) is 18.2 Å². The molecule has 2 aromatic rings. The first-order chi connectivity index (χ1) is 8.34. The molecule has 0 aliphatic carbocycles. The van der Waals surface area contributed by atoms with Crippen LogP contribution < -0.4 is 15.8 Å². The number of H-pyrrole nitrogens is 1. The Bertz CT molecular complexity index is 586. The van der Waals surface area contributed by atoms with Crippen LogP contribution in [0.15, 0.2) is 29.1 Å². The molecule has 17 heavy (non-hydrogen) atoms. The van der Waals surface area contributed by atoms with Crippen molar-refractivity contribution in [3.63, 3.8) is 0 Å². The van der Waals surface area contributed by atoms with Gasteiger partial charge in [-0.2, -0.15) is 4.98 Å². The van der Waals surface area contributed by atoms with Gasteiger partial charge >= 0.3 is 0 Å². The Morgan fingerprint density at radius 1 is 1.18 bits per heavy atom. The summed E-state index contributed by atoms with van der Waals surface area (Å²) in [6.07, 6.45) is 0. The third-order valence-electron chi connectivity index (χ3n) is 3.03. The number of anilines is 1. The number of aromatic nitrogens is 2. The number of nitrogens with one attached hydrogen (secondary N) is 2. The Labute approximate surface area is 98.5 Å². The molecule has 0 atom stereocenters. The topological polar surface area (TPSA) is 61.0 Å². The van der Waals surface area contributed by atoms with E-state index in [1.165, 1.54) is 0 Å². The van der Waals surface area contributed by atoms with Crippen LogP contribution in [-0.2, 0) is 0 Å². The van der Waals surface area contributed by atoms with Gasteiger partial charge in [0.15, 0.2) is 0 Å². The van der Waals surface area contributed by atoms with Crippen LogP contribution in [0.3, 0.4) is 0 Å². The number of fused-ring (bicyclic) bond motifs is 1. The third kappa shape index (κ3) is 1.89. The standard InChI is InChI=1S/C12H14N4O/c17-11-9-3-1-2-4-10(9)14-12(15-11)16-7-5-13-6-8-16/h1-4,13H,5-8H2,(H,14,15,17). The highest BCUT2D eigenvalue weighted by Crippen LogP contribution is 2.11. The molecule has 5 heteroatoms. The van der Waals surface area contributed by atoms with Crippen molar-refractivity contribution in [2.24, 2.45) is 0 Å². The molecule has 1 saturated heterocycles. The molecule has 0 saturated carbocycles. The maximum Gasteiger partial charge on any atom is 0.282 e. The number of hydrogen-bond donors (Lipinski definition) is 2. The van der Waals surface area contributed by atoms with E-state index in [1.54, 1.807) is 6.07 Å². The largest absolute Gasteiger partial charge is 0.340 e. The minimum Gasteiger partial charge on any atom is -0.340 e. The number of para-hydroxylation sites is 1. The first kappa shape index (κ1) is 10.3. The van der Waals surface area contributed by atoms with Gasteiger partial charge in [-0.15, -0.1) is 0 Å². The SMILES string of the molecule is O=c1nc(N2CCNCC2)[nH]c2ccccc12. The lowest BCUT2D eigenvalue weighted by molar-refractivity contribution is 0.580. The molecular weight excluding hydrogens is 216 g/mol. The zero-order valence-corrected chi connectivity index (χ0v) is 9.44. The summed E-state index contributed by atoms with van der Waals surface area (Å²) in [4.78, 5) is 21.3. The predicted octanol–water partition coefficient (Wildman–Crippen LogP) is 0.333. The normalized spacial score (nSPS) is 16.4. The Balaban J connectivity index is 2.08. The smallest absolute Gasteiger partial charge is 0.282 e. The molecule has 1 aliphatic heterocycles. The zero-order chi connectivity index (χ0) is 11.7. The van der Waals surface area contributed by atoms with Crippen LogP contribution in [-0.4, -0.2) is 36.1 Å². The van der Waals surface area contributed by atoms with Crippen LogP contribution >= 0.6 is 0 Å². The van der Waals surface area contributed by atoms with Crippen molar-refractivity contribution in [1.82, 2.24) is 15.3 Å². The summed E-state index contributed by atoms with van der Waals surface area (Å²) >= 11 is 0. The van der Waals surface area contributed by atoms with E-state index in [-0.39, 0.29) is 5.56 Å². The van der Waals surface area contributed by atoms with Crippen molar-refractivity contribution in [2.75, 3.05) is 31.1 Å². The van der Waals surface area contributed by atoms with Crippen LogP contribution in [0.25, 0.3) is 10.9 Å². The molecule has 3 rings (SSSR count). The Morgan fingerprint density at radius 3 is 2.76 bits per heavy atom. The summed E-state index contributed by atoms with van der Waals surface area (Å²) in [6, 6.07) is 7.47. The molecule has 5 nitrogen and oxygen atoms in total. The fourth-order valence-corrected chi connectivity index (χ4v) is 2.11. The van der Waals surface area contributed by atoms with Crippen molar-refractivity contribution in [3.05, 3.63) is 34.6 Å². The van der Waals surface area contributed by atoms with Gasteiger partial charge in [0, 0.05) is 26.2 Å². The van der Waals surface area contributed by atoms with Crippen molar-refractivity contribution >= 4 is 16.9 Å². The van der Waals surface area contributed by atoms with E-state index in [9.17, 15) is 4.79 Å². The van der Waals surface area contributed by atoms with E-state index in [0.29, 0.717) is 11.3 Å². The van der Waals surface area contributed by atoms with E-state index < -0.39 is 0 Å². The van der Waals surface area contributed by atoms with Gasteiger partial charge in [0.1, 0.15) is 0 Å². The second kappa shape index (κ2) is 4.18. The minimum absolute atomic E-state index is 0.159. The quantitative estimate of drug-likeness (QED) is 0.741. The second-order valence-corrected chi connectivity index (χ2v) is 4.15. The molecule has 0 radical (unpaired) electrons. The van der Waals surface area contributed by atoms with Gasteiger partial charge in [-0.3, -0.25) is 4.79 Å². The van der Waals surface area contributed by atoms with Crippen LogP contribution in [0.4, 0.5) is 5.95 Å². The maximum atomic E-state index is 11.9. The van der Waals surface area contributed by atoms with Gasteiger partial charge in [-0.1, -0.05) is 12.1 Å². The van der Waals surface area contributed by atoms with Crippen LogP contribution in [0.2, 0.25) is 0 Å². The molecule has 2 heterocycles. The predicted molar refractivity (Wildman–Crippen MR) is 67.4 cm³/mol. The van der Waals surface area contributed by atoms with Gasteiger partial charge in [0.05, 0.1) is 10.9 Å². The molecule has 1 aromatic carbocycles. The third-order valence-corrected chi connectivity index (χ3v) is 3.03. The number of nitrogens with zero attached hydrogens (tertiary/aromatic N) is 2. The van der Waals surface area contributed by atoms with Gasteiger partial charge in [0.25, 0.3) is 5.56 Å². The lowest BCUT2D eigenvalue weighted by Crippen LogP contribution is -2.44. The molecule has 1 fully saturated rings. The second-order valence-electron chi connectivity index (χ2n) is 4.15. The average molecular weight is 230 g/mol. The van der Waals surface area contributed by atoms with Gasteiger partial charge in [0.2, 0.25) is 5.95 Å². The van der Waals surface area contributed by atoms with E-state index in [0.717, 1.165) is 31.7 Å². The van der Waals surface area contributed by atoms with Crippen LogP contribution in [0.5, 0.6) is 0 Å². The van der Waals surface area contributed by atoms with E-state index >= 15 is 0 Å². The summed E-state index contributed by atoms with van der Waals surface area (Å²) in [7, 11) is 0. The lowest BCUT2D eigenvalue weighted by Gasteiger charge is -2.27. The van der Waals surface area contributed by atoms with Crippen molar-refractivity contribution in [3.8, 4) is 0 Å². The fraction of sp³-hybridized carbons (Fsp3) is 0.333. The number of aromatic amines is 1. The summed E-state index contributed by atoms with van der Waals surface area (Å²) in [5, 5.41) is 3.92. The zero-order valence-electron chi connectivity index (χ0n) is 9.44. The number of benzene rings is 1. The molecule has 88 valence electrons. The van der Waals surface area contributed by atoms with Crippen LogP contribution in [0.1, 0.15) is 0 Å². The highest BCUT2D eigenvalue weighted by Gasteiger charge is 2.13. The van der Waals surface area contributed by atoms with E-state index in [4.69, 9.17) is 0 Å². The Kier molecular flexibility index (Phi) is 2.53. The average Bonchev–Trinajstić information content (AvgIpc) is 2.40. The van der Waals surface area contributed by atoms with Crippen LogP contribution in [0, 0.1) is 0 Å². The Morgan fingerprint density at radius 2 is 1.94 bits per heavy atom. The molecule has 0 amide bonds. The number of piperazine rings is 1. The summed E-state index contributed by atoms with van der Waals surface area (Å²) in [5.74, 6) is 0.676. The fourth-order valence-electron chi connectivity index (χ4n) is 2.11. The molecule has 2 N–H and O–H groups in total. The van der Waals surface area contributed by atoms with Gasteiger partial charge in [-0.05, 0) is 12.1 Å². The molecule has 0 spiro atoms. The Hall–Kier alpha value is -1.88. The highest BCUT2D eigenvalue weighted by atomic mass is 16.1. The monoisotopic (exact) mass is 230 g/mol. The molecule has 1 aliphatic rings. The minimum atomic E-state index is -0.159. The van der Waals surface area contributed by atoms with Crippen molar-refractivity contribution in [1.29, 1.82) is 0 Å². The maximum absolute atomic E-state index is 11.9. The first-order valence-electron chi connectivity index (χ1n) is 5.79. The molecule has 0 unspecified atom stereocenters. The van der Waals surface area contributed by atoms with Gasteiger partial charge in [-0.25, -0.2) is 0 Å². The molecular formula is C12H14N4O. The molecule has 1 aromatic heterocycles. The van der Waals surface area contributed by atoms with E-state index in [2.05, 4.69) is 20.2 Å².